The average Bonchev–Trinajstić information content (AvgIpc) is 3.38. The summed E-state index contributed by atoms with van der Waals surface area (Å²) < 4.78 is 0. The molecule has 1 aliphatic rings. The molecular weight excluding hydrogens is 385 g/mol. The van der Waals surface area contributed by atoms with Crippen molar-refractivity contribution in [2.45, 2.75) is 51.7 Å². The zero-order valence-corrected chi connectivity index (χ0v) is 19.3. The fourth-order valence-electron chi connectivity index (χ4n) is 3.06. The SMILES string of the molecule is CC(=O)N1[C@H](C(=O)[O-])[C@H]1C(=O)N[C@@H](Cc1ccccc1)C(=O)NCCC(C)C.[Na+]. The van der Waals surface area contributed by atoms with Crippen LogP contribution in [-0.2, 0) is 25.6 Å². The molecule has 2 rings (SSSR count). The van der Waals surface area contributed by atoms with E-state index in [0.717, 1.165) is 16.9 Å². The summed E-state index contributed by atoms with van der Waals surface area (Å²) >= 11 is 0. The van der Waals surface area contributed by atoms with Crippen LogP contribution in [0.5, 0.6) is 0 Å². The topological polar surface area (TPSA) is 118 Å². The summed E-state index contributed by atoms with van der Waals surface area (Å²) in [6.07, 6.45) is 1.05. The van der Waals surface area contributed by atoms with E-state index in [1.54, 1.807) is 0 Å². The van der Waals surface area contributed by atoms with Crippen molar-refractivity contribution in [1.82, 2.24) is 15.5 Å². The Morgan fingerprint density at radius 3 is 2.21 bits per heavy atom. The van der Waals surface area contributed by atoms with Gasteiger partial charge in [-0.05, 0) is 17.9 Å². The Balaban J connectivity index is 0.00000420. The van der Waals surface area contributed by atoms with Crippen molar-refractivity contribution in [3.8, 4) is 0 Å². The van der Waals surface area contributed by atoms with Crippen molar-refractivity contribution >= 4 is 23.7 Å². The maximum atomic E-state index is 12.6. The average molecular weight is 411 g/mol. The molecule has 29 heavy (non-hydrogen) atoms. The monoisotopic (exact) mass is 411 g/mol. The third kappa shape index (κ3) is 7.13. The number of carboxylic acids is 1. The van der Waals surface area contributed by atoms with Gasteiger partial charge in [0, 0.05) is 19.9 Å². The van der Waals surface area contributed by atoms with E-state index in [1.807, 2.05) is 44.2 Å². The van der Waals surface area contributed by atoms with Gasteiger partial charge in [0.1, 0.15) is 18.1 Å². The molecule has 152 valence electrons. The summed E-state index contributed by atoms with van der Waals surface area (Å²) in [7, 11) is 0. The van der Waals surface area contributed by atoms with Crippen LogP contribution in [0.3, 0.4) is 0 Å². The van der Waals surface area contributed by atoms with Crippen molar-refractivity contribution in [3.63, 3.8) is 0 Å². The summed E-state index contributed by atoms with van der Waals surface area (Å²) in [6.45, 7) is 5.74. The number of carboxylic acid groups (broad SMARTS) is 1. The minimum Gasteiger partial charge on any atom is -0.548 e. The second-order valence-corrected chi connectivity index (χ2v) is 7.36. The molecule has 1 aromatic carbocycles. The Bertz CT molecular complexity index is 721. The van der Waals surface area contributed by atoms with E-state index in [-0.39, 0.29) is 41.9 Å². The molecule has 0 spiro atoms. The molecule has 1 saturated heterocycles. The first-order valence-electron chi connectivity index (χ1n) is 9.34. The van der Waals surface area contributed by atoms with Crippen LogP contribution < -0.4 is 45.3 Å². The molecule has 0 aliphatic carbocycles. The van der Waals surface area contributed by atoms with Crippen LogP contribution in [0.2, 0.25) is 0 Å². The maximum Gasteiger partial charge on any atom is 1.00 e. The molecule has 0 bridgehead atoms. The summed E-state index contributed by atoms with van der Waals surface area (Å²) in [4.78, 5) is 48.8. The van der Waals surface area contributed by atoms with Crippen molar-refractivity contribution in [2.75, 3.05) is 6.54 Å². The molecular formula is C20H26N3NaO5. The number of carbonyl (C=O) groups excluding carboxylic acids is 4. The zero-order valence-electron chi connectivity index (χ0n) is 17.3. The summed E-state index contributed by atoms with van der Waals surface area (Å²) in [6, 6.07) is 5.86. The van der Waals surface area contributed by atoms with Crippen molar-refractivity contribution in [1.29, 1.82) is 0 Å². The zero-order chi connectivity index (χ0) is 20.8. The molecule has 9 heteroatoms. The molecule has 0 radical (unpaired) electrons. The van der Waals surface area contributed by atoms with Crippen LogP contribution in [-0.4, -0.2) is 53.3 Å². The fourth-order valence-corrected chi connectivity index (χ4v) is 3.06. The minimum atomic E-state index is -1.49. The first-order valence-corrected chi connectivity index (χ1v) is 9.34. The van der Waals surface area contributed by atoms with Gasteiger partial charge in [0.2, 0.25) is 17.7 Å². The third-order valence-corrected chi connectivity index (χ3v) is 4.62. The molecule has 0 unspecified atom stereocenters. The smallest absolute Gasteiger partial charge is 0.548 e. The number of hydrogen-bond donors (Lipinski definition) is 2. The van der Waals surface area contributed by atoms with E-state index in [0.29, 0.717) is 12.5 Å². The Labute approximate surface area is 192 Å². The predicted octanol–water partition coefficient (Wildman–Crippen LogP) is -3.77. The van der Waals surface area contributed by atoms with Crippen molar-refractivity contribution in [3.05, 3.63) is 35.9 Å². The van der Waals surface area contributed by atoms with Gasteiger partial charge in [0.15, 0.2) is 0 Å². The molecule has 0 saturated carbocycles. The molecule has 2 N–H and O–H groups in total. The summed E-state index contributed by atoms with van der Waals surface area (Å²) in [5, 5.41) is 16.5. The molecule has 3 amide bonds. The van der Waals surface area contributed by atoms with E-state index >= 15 is 0 Å². The van der Waals surface area contributed by atoms with Gasteiger partial charge in [0.25, 0.3) is 0 Å². The quantitative estimate of drug-likeness (QED) is 0.320. The van der Waals surface area contributed by atoms with E-state index in [4.69, 9.17) is 0 Å². The maximum absolute atomic E-state index is 12.6. The van der Waals surface area contributed by atoms with Gasteiger partial charge in [0.05, 0.1) is 5.97 Å². The number of carbonyl (C=O) groups is 4. The summed E-state index contributed by atoms with van der Waals surface area (Å²) in [5.41, 5.74) is 0.850. The largest absolute Gasteiger partial charge is 1.00 e. The first-order chi connectivity index (χ1) is 13.2. The normalized spacial score (nSPS) is 18.4. The van der Waals surface area contributed by atoms with Gasteiger partial charge in [-0.2, -0.15) is 0 Å². The Kier molecular flexibility index (Phi) is 9.82. The van der Waals surface area contributed by atoms with Gasteiger partial charge in [-0.1, -0.05) is 44.2 Å². The Morgan fingerprint density at radius 2 is 1.72 bits per heavy atom. The van der Waals surface area contributed by atoms with Crippen LogP contribution in [0.4, 0.5) is 0 Å². The second-order valence-electron chi connectivity index (χ2n) is 7.36. The van der Waals surface area contributed by atoms with Gasteiger partial charge >= 0.3 is 29.6 Å². The van der Waals surface area contributed by atoms with E-state index in [9.17, 15) is 24.3 Å². The number of hydrogen-bond acceptors (Lipinski definition) is 5. The number of rotatable bonds is 9. The molecule has 1 fully saturated rings. The second kappa shape index (κ2) is 11.3. The van der Waals surface area contributed by atoms with Gasteiger partial charge in [-0.3, -0.25) is 14.4 Å². The van der Waals surface area contributed by atoms with Crippen molar-refractivity contribution < 1.29 is 53.8 Å². The number of nitrogens with zero attached hydrogens (tertiary/aromatic N) is 1. The molecule has 1 aromatic rings. The predicted molar refractivity (Wildman–Crippen MR) is 99.6 cm³/mol. The Morgan fingerprint density at radius 1 is 1.10 bits per heavy atom. The number of amides is 3. The Hall–Kier alpha value is -1.90. The molecule has 3 atom stereocenters. The van der Waals surface area contributed by atoms with Gasteiger partial charge < -0.3 is 25.4 Å². The summed E-state index contributed by atoms with van der Waals surface area (Å²) in [5.74, 6) is -2.63. The van der Waals surface area contributed by atoms with Crippen molar-refractivity contribution in [2.24, 2.45) is 5.92 Å². The number of benzene rings is 1. The molecule has 8 nitrogen and oxygen atoms in total. The van der Waals surface area contributed by atoms with Crippen LogP contribution in [0.25, 0.3) is 0 Å². The number of nitrogens with one attached hydrogen (secondary N) is 2. The van der Waals surface area contributed by atoms with E-state index in [1.165, 1.54) is 6.92 Å². The standard InChI is InChI=1S/C20H27N3O5.Na/c1-12(2)9-10-21-18(25)15(11-14-7-5-4-6-8-14)22-19(26)16-17(20(27)28)23(16)13(3)24;/h4-8,12,15-17H,9-11H2,1-3H3,(H,21,25)(H,22,26)(H,27,28);/q;+1/p-1/t15-,16-,17-,23?;/m0./s1. The molecule has 0 aromatic heterocycles. The van der Waals surface area contributed by atoms with Crippen LogP contribution in [0, 0.1) is 5.92 Å². The minimum absolute atomic E-state index is 0. The van der Waals surface area contributed by atoms with Crippen LogP contribution >= 0.6 is 0 Å². The number of aliphatic carboxylic acids is 1. The first kappa shape index (κ1) is 25.1. The third-order valence-electron chi connectivity index (χ3n) is 4.62. The van der Waals surface area contributed by atoms with E-state index < -0.39 is 35.9 Å². The molecule has 1 aliphatic heterocycles. The van der Waals surface area contributed by atoms with Crippen LogP contribution in [0.1, 0.15) is 32.8 Å². The van der Waals surface area contributed by atoms with Gasteiger partial charge in [-0.25, -0.2) is 0 Å². The van der Waals surface area contributed by atoms with E-state index in [2.05, 4.69) is 10.6 Å². The van der Waals surface area contributed by atoms with Gasteiger partial charge in [-0.15, -0.1) is 0 Å². The fraction of sp³-hybridized carbons (Fsp3) is 0.500. The molecule has 1 heterocycles. The van der Waals surface area contributed by atoms with Crippen LogP contribution in [0.15, 0.2) is 30.3 Å².